The fraction of sp³-hybridized carbons (Fsp3) is 0.391. The number of carbonyl (C=O) groups excluding carboxylic acids is 2. The standard InChI is InChI=1S/C23H30FN3O2/c1-5-27(4)15-18-8-6-7-17(13-18)14-25-23(29)21(16(2)3)26-22(28)19-9-11-20(24)12-10-19/h6-13,16,21H,5,14-15H2,1-4H3,(H,25,29)(H,26,28). The van der Waals surface area contributed by atoms with E-state index in [0.29, 0.717) is 12.1 Å². The van der Waals surface area contributed by atoms with Gasteiger partial charge in [0.05, 0.1) is 0 Å². The normalized spacial score (nSPS) is 12.1. The first-order chi connectivity index (χ1) is 13.8. The van der Waals surface area contributed by atoms with E-state index in [1.54, 1.807) is 0 Å². The first-order valence-corrected chi connectivity index (χ1v) is 9.90. The van der Waals surface area contributed by atoms with Crippen LogP contribution in [0.3, 0.4) is 0 Å². The maximum absolute atomic E-state index is 13.1. The zero-order chi connectivity index (χ0) is 21.4. The van der Waals surface area contributed by atoms with Crippen LogP contribution in [0, 0.1) is 11.7 Å². The van der Waals surface area contributed by atoms with Gasteiger partial charge in [-0.15, -0.1) is 0 Å². The Bertz CT molecular complexity index is 821. The van der Waals surface area contributed by atoms with Crippen LogP contribution >= 0.6 is 0 Å². The summed E-state index contributed by atoms with van der Waals surface area (Å²) in [5.41, 5.74) is 2.51. The molecule has 2 N–H and O–H groups in total. The van der Waals surface area contributed by atoms with E-state index in [1.807, 2.05) is 26.0 Å². The van der Waals surface area contributed by atoms with Gasteiger partial charge in [-0.05, 0) is 54.9 Å². The molecule has 0 radical (unpaired) electrons. The van der Waals surface area contributed by atoms with Crippen molar-refractivity contribution >= 4 is 11.8 Å². The van der Waals surface area contributed by atoms with Gasteiger partial charge in [0.15, 0.2) is 0 Å². The molecule has 2 rings (SSSR count). The summed E-state index contributed by atoms with van der Waals surface area (Å²) in [5, 5.41) is 5.67. The predicted octanol–water partition coefficient (Wildman–Crippen LogP) is 3.35. The minimum atomic E-state index is -0.679. The van der Waals surface area contributed by atoms with Crippen LogP contribution in [0.15, 0.2) is 48.5 Å². The summed E-state index contributed by atoms with van der Waals surface area (Å²) in [6.07, 6.45) is 0. The quantitative estimate of drug-likeness (QED) is 0.680. The first kappa shape index (κ1) is 22.6. The molecule has 0 bridgehead atoms. The molecule has 0 aliphatic carbocycles. The molecule has 2 amide bonds. The lowest BCUT2D eigenvalue weighted by Crippen LogP contribution is -2.49. The van der Waals surface area contributed by atoms with Gasteiger partial charge in [0, 0.05) is 18.7 Å². The predicted molar refractivity (Wildman–Crippen MR) is 113 cm³/mol. The van der Waals surface area contributed by atoms with Crippen molar-refractivity contribution in [2.75, 3.05) is 13.6 Å². The van der Waals surface area contributed by atoms with Crippen LogP contribution in [0.5, 0.6) is 0 Å². The highest BCUT2D eigenvalue weighted by Gasteiger charge is 2.24. The number of nitrogens with zero attached hydrogens (tertiary/aromatic N) is 1. The van der Waals surface area contributed by atoms with Crippen molar-refractivity contribution in [1.29, 1.82) is 0 Å². The molecule has 5 nitrogen and oxygen atoms in total. The van der Waals surface area contributed by atoms with Gasteiger partial charge in [0.2, 0.25) is 5.91 Å². The lowest BCUT2D eigenvalue weighted by molar-refractivity contribution is -0.124. The van der Waals surface area contributed by atoms with Gasteiger partial charge in [-0.25, -0.2) is 4.39 Å². The molecule has 2 aromatic carbocycles. The lowest BCUT2D eigenvalue weighted by Gasteiger charge is -2.22. The zero-order valence-electron chi connectivity index (χ0n) is 17.5. The number of hydrogen-bond acceptors (Lipinski definition) is 3. The lowest BCUT2D eigenvalue weighted by atomic mass is 10.0. The summed E-state index contributed by atoms with van der Waals surface area (Å²) < 4.78 is 13.1. The van der Waals surface area contributed by atoms with E-state index in [4.69, 9.17) is 0 Å². The monoisotopic (exact) mass is 399 g/mol. The molecule has 0 saturated carbocycles. The van der Waals surface area contributed by atoms with Crippen molar-refractivity contribution in [1.82, 2.24) is 15.5 Å². The highest BCUT2D eigenvalue weighted by molar-refractivity contribution is 5.97. The minimum absolute atomic E-state index is 0.0936. The van der Waals surface area contributed by atoms with E-state index in [2.05, 4.69) is 41.6 Å². The summed E-state index contributed by atoms with van der Waals surface area (Å²) in [5.74, 6) is -1.15. The second-order valence-corrected chi connectivity index (χ2v) is 7.57. The molecule has 6 heteroatoms. The Morgan fingerprint density at radius 1 is 1.07 bits per heavy atom. The van der Waals surface area contributed by atoms with Gasteiger partial charge >= 0.3 is 0 Å². The minimum Gasteiger partial charge on any atom is -0.350 e. The molecule has 29 heavy (non-hydrogen) atoms. The highest BCUT2D eigenvalue weighted by atomic mass is 19.1. The van der Waals surface area contributed by atoms with E-state index in [9.17, 15) is 14.0 Å². The average Bonchev–Trinajstić information content (AvgIpc) is 2.70. The van der Waals surface area contributed by atoms with Gasteiger partial charge in [0.1, 0.15) is 11.9 Å². The molecule has 1 atom stereocenters. The number of benzene rings is 2. The molecule has 0 heterocycles. The van der Waals surface area contributed by atoms with Gasteiger partial charge in [-0.2, -0.15) is 0 Å². The van der Waals surface area contributed by atoms with Crippen LogP contribution in [-0.4, -0.2) is 36.3 Å². The SMILES string of the molecule is CCN(C)Cc1cccc(CNC(=O)C(NC(=O)c2ccc(F)cc2)C(C)C)c1. The average molecular weight is 400 g/mol. The Kier molecular flexibility index (Phi) is 8.34. The number of amides is 2. The number of hydrogen-bond donors (Lipinski definition) is 2. The van der Waals surface area contributed by atoms with Crippen molar-refractivity contribution in [2.24, 2.45) is 5.92 Å². The number of halogens is 1. The van der Waals surface area contributed by atoms with Crippen LogP contribution in [0.2, 0.25) is 0 Å². The Morgan fingerprint density at radius 3 is 2.34 bits per heavy atom. The summed E-state index contributed by atoms with van der Waals surface area (Å²) in [7, 11) is 2.06. The summed E-state index contributed by atoms with van der Waals surface area (Å²) >= 11 is 0. The fourth-order valence-corrected chi connectivity index (χ4v) is 2.92. The van der Waals surface area contributed by atoms with Crippen LogP contribution < -0.4 is 10.6 Å². The van der Waals surface area contributed by atoms with Crippen molar-refractivity contribution < 1.29 is 14.0 Å². The van der Waals surface area contributed by atoms with Crippen molar-refractivity contribution in [3.8, 4) is 0 Å². The number of nitrogens with one attached hydrogen (secondary N) is 2. The van der Waals surface area contributed by atoms with Crippen molar-refractivity contribution in [2.45, 2.75) is 39.9 Å². The molecule has 1 unspecified atom stereocenters. The summed E-state index contributed by atoms with van der Waals surface area (Å²) in [4.78, 5) is 27.3. The highest BCUT2D eigenvalue weighted by Crippen LogP contribution is 2.10. The Hall–Kier alpha value is -2.73. The van der Waals surface area contributed by atoms with E-state index in [1.165, 1.54) is 29.8 Å². The summed E-state index contributed by atoms with van der Waals surface area (Å²) in [6, 6.07) is 12.7. The van der Waals surface area contributed by atoms with Gasteiger partial charge in [0.25, 0.3) is 5.91 Å². The van der Waals surface area contributed by atoms with Gasteiger partial charge < -0.3 is 15.5 Å². The maximum Gasteiger partial charge on any atom is 0.251 e. The first-order valence-electron chi connectivity index (χ1n) is 9.90. The molecular weight excluding hydrogens is 369 g/mol. The Balaban J connectivity index is 1.98. The molecule has 0 saturated heterocycles. The third-order valence-corrected chi connectivity index (χ3v) is 4.79. The molecule has 0 aromatic heterocycles. The second-order valence-electron chi connectivity index (χ2n) is 7.57. The molecule has 0 spiro atoms. The molecule has 156 valence electrons. The zero-order valence-corrected chi connectivity index (χ0v) is 17.5. The van der Waals surface area contributed by atoms with Crippen LogP contribution in [-0.2, 0) is 17.9 Å². The van der Waals surface area contributed by atoms with Gasteiger partial charge in [-0.3, -0.25) is 9.59 Å². The Morgan fingerprint density at radius 2 is 1.72 bits per heavy atom. The smallest absolute Gasteiger partial charge is 0.251 e. The maximum atomic E-state index is 13.1. The number of rotatable bonds is 9. The van der Waals surface area contributed by atoms with Crippen molar-refractivity contribution in [3.05, 3.63) is 71.0 Å². The third-order valence-electron chi connectivity index (χ3n) is 4.79. The molecule has 2 aromatic rings. The van der Waals surface area contributed by atoms with Gasteiger partial charge in [-0.1, -0.05) is 45.0 Å². The third kappa shape index (κ3) is 6.98. The van der Waals surface area contributed by atoms with Crippen LogP contribution in [0.1, 0.15) is 42.3 Å². The number of carbonyl (C=O) groups is 2. The molecule has 0 aliphatic rings. The van der Waals surface area contributed by atoms with E-state index >= 15 is 0 Å². The second kappa shape index (κ2) is 10.7. The topological polar surface area (TPSA) is 61.4 Å². The van der Waals surface area contributed by atoms with E-state index < -0.39 is 17.8 Å². The van der Waals surface area contributed by atoms with Crippen molar-refractivity contribution in [3.63, 3.8) is 0 Å². The van der Waals surface area contributed by atoms with E-state index in [-0.39, 0.29) is 11.8 Å². The molecular formula is C23H30FN3O2. The van der Waals surface area contributed by atoms with Crippen LogP contribution in [0.25, 0.3) is 0 Å². The van der Waals surface area contributed by atoms with E-state index in [0.717, 1.165) is 18.7 Å². The summed E-state index contributed by atoms with van der Waals surface area (Å²) in [6.45, 7) is 8.05. The van der Waals surface area contributed by atoms with Crippen LogP contribution in [0.4, 0.5) is 4.39 Å². The largest absolute Gasteiger partial charge is 0.350 e. The Labute approximate surface area is 172 Å². The fourth-order valence-electron chi connectivity index (χ4n) is 2.92. The molecule has 0 fully saturated rings. The molecule has 0 aliphatic heterocycles.